The monoisotopic (exact) mass is 287 g/mol. The van der Waals surface area contributed by atoms with Crippen LogP contribution in [0.1, 0.15) is 45.6 Å². The highest BCUT2D eigenvalue weighted by Gasteiger charge is 2.62. The van der Waals surface area contributed by atoms with Crippen LogP contribution in [0.4, 0.5) is 10.5 Å². The molecule has 3 nitrogen and oxygen atoms in total. The molecule has 2 aliphatic carbocycles. The molecule has 1 amide bonds. The Morgan fingerprint density at radius 3 is 2.43 bits per heavy atom. The number of ether oxygens (including phenoxy) is 1. The molecule has 1 aromatic carbocycles. The van der Waals surface area contributed by atoms with Gasteiger partial charge in [0.2, 0.25) is 0 Å². The summed E-state index contributed by atoms with van der Waals surface area (Å²) in [5, 5.41) is 2.84. The number of carbonyl (C=O) groups is 1. The Morgan fingerprint density at radius 2 is 1.90 bits per heavy atom. The van der Waals surface area contributed by atoms with Gasteiger partial charge in [0.05, 0.1) is 0 Å². The van der Waals surface area contributed by atoms with Crippen LogP contribution in [-0.4, -0.2) is 12.2 Å². The smallest absolute Gasteiger partial charge is 0.411 e. The maximum absolute atomic E-state index is 12.1. The summed E-state index contributed by atoms with van der Waals surface area (Å²) in [7, 11) is 0. The van der Waals surface area contributed by atoms with Crippen molar-refractivity contribution in [3.63, 3.8) is 0 Å². The van der Waals surface area contributed by atoms with Gasteiger partial charge in [0.25, 0.3) is 0 Å². The molecule has 3 rings (SSSR count). The predicted octanol–water partition coefficient (Wildman–Crippen LogP) is 4.76. The van der Waals surface area contributed by atoms with Crippen LogP contribution in [0, 0.1) is 23.7 Å². The molecule has 114 valence electrons. The van der Waals surface area contributed by atoms with Gasteiger partial charge in [0.1, 0.15) is 6.10 Å². The quantitative estimate of drug-likeness (QED) is 0.851. The Balaban J connectivity index is 1.65. The highest BCUT2D eigenvalue weighted by molar-refractivity contribution is 5.84. The molecule has 1 aromatic rings. The van der Waals surface area contributed by atoms with E-state index in [1.165, 1.54) is 12.0 Å². The largest absolute Gasteiger partial charge is 0.445 e. The van der Waals surface area contributed by atoms with E-state index in [1.807, 2.05) is 31.2 Å². The average molecular weight is 287 g/mol. The van der Waals surface area contributed by atoms with Gasteiger partial charge in [-0.25, -0.2) is 4.79 Å². The molecule has 2 aliphatic rings. The Hall–Kier alpha value is -1.51. The topological polar surface area (TPSA) is 38.3 Å². The zero-order valence-electron chi connectivity index (χ0n) is 13.4. The molecule has 0 unspecified atom stereocenters. The van der Waals surface area contributed by atoms with E-state index in [1.54, 1.807) is 0 Å². The summed E-state index contributed by atoms with van der Waals surface area (Å²) in [6, 6.07) is 7.78. The molecule has 21 heavy (non-hydrogen) atoms. The number of rotatable bonds is 2. The lowest BCUT2D eigenvalue weighted by atomic mass is 9.70. The summed E-state index contributed by atoms with van der Waals surface area (Å²) in [6.07, 6.45) is 3.14. The van der Waals surface area contributed by atoms with E-state index in [4.69, 9.17) is 4.74 Å². The number of carbonyl (C=O) groups excluding carboxylic acids is 1. The minimum absolute atomic E-state index is 0.0386. The number of nitrogens with one attached hydrogen (secondary N) is 1. The Labute approximate surface area is 127 Å². The molecule has 0 aliphatic heterocycles. The molecule has 2 bridgehead atoms. The molecule has 2 fully saturated rings. The van der Waals surface area contributed by atoms with Crippen molar-refractivity contribution in [3.05, 3.63) is 29.8 Å². The van der Waals surface area contributed by atoms with Crippen LogP contribution in [-0.2, 0) is 4.74 Å². The van der Waals surface area contributed by atoms with E-state index in [-0.39, 0.29) is 23.0 Å². The first-order valence-electron chi connectivity index (χ1n) is 7.87. The van der Waals surface area contributed by atoms with Crippen LogP contribution in [0.5, 0.6) is 0 Å². The Bertz CT molecular complexity index is 549. The fourth-order valence-corrected chi connectivity index (χ4v) is 4.22. The van der Waals surface area contributed by atoms with Crippen molar-refractivity contribution in [2.24, 2.45) is 16.7 Å². The molecular weight excluding hydrogens is 262 g/mol. The lowest BCUT2D eigenvalue weighted by Crippen LogP contribution is -2.39. The summed E-state index contributed by atoms with van der Waals surface area (Å²) in [6.45, 7) is 8.96. The molecular formula is C18H25NO2. The summed E-state index contributed by atoms with van der Waals surface area (Å²) >= 11 is 0. The molecule has 0 aromatic heterocycles. The zero-order chi connectivity index (χ0) is 15.3. The minimum Gasteiger partial charge on any atom is -0.445 e. The average Bonchev–Trinajstić information content (AvgIpc) is 2.74. The van der Waals surface area contributed by atoms with Crippen LogP contribution >= 0.6 is 0 Å². The molecule has 3 atom stereocenters. The van der Waals surface area contributed by atoms with Crippen molar-refractivity contribution in [1.29, 1.82) is 0 Å². The van der Waals surface area contributed by atoms with Gasteiger partial charge in [-0.2, -0.15) is 0 Å². The molecule has 0 saturated heterocycles. The Morgan fingerprint density at radius 1 is 1.24 bits per heavy atom. The highest BCUT2D eigenvalue weighted by atomic mass is 16.6. The van der Waals surface area contributed by atoms with Crippen LogP contribution in [0.15, 0.2) is 24.3 Å². The van der Waals surface area contributed by atoms with E-state index < -0.39 is 0 Å². The summed E-state index contributed by atoms with van der Waals surface area (Å²) in [5.41, 5.74) is 2.35. The first kappa shape index (κ1) is 14.4. The van der Waals surface area contributed by atoms with Crippen molar-refractivity contribution in [2.75, 3.05) is 5.32 Å². The van der Waals surface area contributed by atoms with E-state index >= 15 is 0 Å². The summed E-state index contributed by atoms with van der Waals surface area (Å²) in [4.78, 5) is 12.1. The van der Waals surface area contributed by atoms with Crippen molar-refractivity contribution >= 4 is 11.8 Å². The van der Waals surface area contributed by atoms with Gasteiger partial charge in [-0.1, -0.05) is 38.5 Å². The third kappa shape index (κ3) is 2.23. The second-order valence-electron chi connectivity index (χ2n) is 7.50. The van der Waals surface area contributed by atoms with Gasteiger partial charge in [0, 0.05) is 11.1 Å². The van der Waals surface area contributed by atoms with Crippen LogP contribution in [0.25, 0.3) is 0 Å². The highest BCUT2D eigenvalue weighted by Crippen LogP contribution is 2.66. The van der Waals surface area contributed by atoms with Crippen LogP contribution in [0.2, 0.25) is 0 Å². The number of benzene rings is 1. The van der Waals surface area contributed by atoms with Gasteiger partial charge in [-0.3, -0.25) is 5.32 Å². The number of hydrogen-bond acceptors (Lipinski definition) is 2. The van der Waals surface area contributed by atoms with E-state index in [2.05, 4.69) is 26.1 Å². The zero-order valence-corrected chi connectivity index (χ0v) is 13.4. The van der Waals surface area contributed by atoms with Crippen LogP contribution in [0.3, 0.4) is 0 Å². The fourth-order valence-electron chi connectivity index (χ4n) is 4.22. The maximum Gasteiger partial charge on any atom is 0.411 e. The van der Waals surface area contributed by atoms with Crippen molar-refractivity contribution < 1.29 is 9.53 Å². The molecule has 3 heteroatoms. The van der Waals surface area contributed by atoms with Crippen LogP contribution < -0.4 is 5.32 Å². The summed E-state index contributed by atoms with van der Waals surface area (Å²) < 4.78 is 5.77. The molecule has 0 heterocycles. The Kier molecular flexibility index (Phi) is 3.27. The number of amides is 1. The summed E-state index contributed by atoms with van der Waals surface area (Å²) in [5.74, 6) is 0.680. The van der Waals surface area contributed by atoms with Gasteiger partial charge in [0.15, 0.2) is 0 Å². The maximum atomic E-state index is 12.1. The molecule has 1 N–H and O–H groups in total. The first-order chi connectivity index (χ1) is 9.83. The lowest BCUT2D eigenvalue weighted by Gasteiger charge is -2.38. The SMILES string of the molecule is Cc1ccc(NC(=O)O[C@@H]2C[C@H]3CC[C@]2(C)C3(C)C)cc1. The third-order valence-corrected chi connectivity index (χ3v) is 6.26. The number of anilines is 1. The normalized spacial score (nSPS) is 33.0. The van der Waals surface area contributed by atoms with E-state index in [0.717, 1.165) is 18.5 Å². The predicted molar refractivity (Wildman–Crippen MR) is 84.3 cm³/mol. The first-order valence-corrected chi connectivity index (χ1v) is 7.87. The van der Waals surface area contributed by atoms with Crippen molar-refractivity contribution in [2.45, 2.75) is 53.1 Å². The van der Waals surface area contributed by atoms with Gasteiger partial charge in [-0.15, -0.1) is 0 Å². The van der Waals surface area contributed by atoms with E-state index in [9.17, 15) is 4.79 Å². The van der Waals surface area contributed by atoms with E-state index in [0.29, 0.717) is 5.92 Å². The molecule has 2 saturated carbocycles. The number of fused-ring (bicyclic) bond motifs is 2. The molecule has 0 radical (unpaired) electrons. The minimum atomic E-state index is -0.326. The molecule has 0 spiro atoms. The lowest BCUT2D eigenvalue weighted by molar-refractivity contribution is 0.00148. The fraction of sp³-hybridized carbons (Fsp3) is 0.611. The number of hydrogen-bond donors (Lipinski definition) is 1. The van der Waals surface area contributed by atoms with Gasteiger partial charge in [-0.05, 0) is 49.7 Å². The van der Waals surface area contributed by atoms with Gasteiger partial charge >= 0.3 is 6.09 Å². The second kappa shape index (κ2) is 4.75. The van der Waals surface area contributed by atoms with Crippen molar-refractivity contribution in [1.82, 2.24) is 0 Å². The van der Waals surface area contributed by atoms with Gasteiger partial charge < -0.3 is 4.74 Å². The van der Waals surface area contributed by atoms with Crippen molar-refractivity contribution in [3.8, 4) is 0 Å². The number of aryl methyl sites for hydroxylation is 1. The third-order valence-electron chi connectivity index (χ3n) is 6.26. The second-order valence-corrected chi connectivity index (χ2v) is 7.50. The standard InChI is InChI=1S/C18H25NO2/c1-12-5-7-14(8-6-12)19-16(20)21-15-11-13-9-10-18(15,4)17(13,2)3/h5-8,13,15H,9-11H2,1-4H3,(H,19,20)/t13-,15-,18+/m1/s1.